The largest absolute Gasteiger partial charge is 0.494 e. The second kappa shape index (κ2) is 7.93. The van der Waals surface area contributed by atoms with Gasteiger partial charge in [-0.15, -0.1) is 0 Å². The van der Waals surface area contributed by atoms with Crippen LogP contribution in [0.1, 0.15) is 16.9 Å². The number of aromatic nitrogens is 2. The summed E-state index contributed by atoms with van der Waals surface area (Å²) in [5.74, 6) is -0.505. The van der Waals surface area contributed by atoms with Crippen molar-refractivity contribution >= 4 is 29.3 Å². The molecule has 0 aromatic carbocycles. The summed E-state index contributed by atoms with van der Waals surface area (Å²) < 4.78 is 42.8. The van der Waals surface area contributed by atoms with Crippen LogP contribution < -0.4 is 25.2 Å². The van der Waals surface area contributed by atoms with E-state index >= 15 is 0 Å². The van der Waals surface area contributed by atoms with Gasteiger partial charge in [0.15, 0.2) is 17.3 Å². The van der Waals surface area contributed by atoms with E-state index in [-0.39, 0.29) is 23.3 Å². The molecule has 0 radical (unpaired) electrons. The molecule has 2 N–H and O–H groups in total. The van der Waals surface area contributed by atoms with Gasteiger partial charge >= 0.3 is 12.2 Å². The van der Waals surface area contributed by atoms with Crippen molar-refractivity contribution in [1.82, 2.24) is 15.3 Å². The van der Waals surface area contributed by atoms with E-state index in [1.54, 1.807) is 23.5 Å². The predicted molar refractivity (Wildman–Crippen MR) is 106 cm³/mol. The van der Waals surface area contributed by atoms with Crippen LogP contribution in [0.25, 0.3) is 0 Å². The minimum atomic E-state index is -4.57. The summed E-state index contributed by atoms with van der Waals surface area (Å²) in [6.45, 7) is -0.283. The number of pyridine rings is 2. The number of urea groups is 1. The molecule has 0 aliphatic carbocycles. The summed E-state index contributed by atoms with van der Waals surface area (Å²) in [5.41, 5.74) is 0.234. The molecule has 12 heteroatoms. The zero-order valence-corrected chi connectivity index (χ0v) is 16.4. The van der Waals surface area contributed by atoms with Crippen LogP contribution in [0.3, 0.4) is 0 Å². The summed E-state index contributed by atoms with van der Waals surface area (Å²) in [5, 5.41) is 4.49. The number of halogens is 3. The van der Waals surface area contributed by atoms with Crippen LogP contribution in [-0.2, 0) is 0 Å². The normalized spacial score (nSPS) is 17.2. The molecule has 1 fully saturated rings. The van der Waals surface area contributed by atoms with Crippen LogP contribution in [0.4, 0.5) is 35.3 Å². The van der Waals surface area contributed by atoms with E-state index in [0.29, 0.717) is 31.0 Å². The summed E-state index contributed by atoms with van der Waals surface area (Å²) in [7, 11) is 1.30. The van der Waals surface area contributed by atoms with Gasteiger partial charge in [-0.3, -0.25) is 15.0 Å². The Labute approximate surface area is 175 Å². The average Bonchev–Trinajstić information content (AvgIpc) is 3.16. The lowest BCUT2D eigenvalue weighted by Gasteiger charge is -2.36. The molecule has 31 heavy (non-hydrogen) atoms. The first-order valence-electron chi connectivity index (χ1n) is 9.47. The SMILES string of the molecule is COc1cc2c(nc1C(=O)NCC(F)(F)F)N(C(=O)Nc1ccccn1)[C@H]1CCN2C1. The molecule has 2 aromatic heterocycles. The Balaban J connectivity index is 1.69. The quantitative estimate of drug-likeness (QED) is 0.764. The first-order chi connectivity index (χ1) is 14.8. The number of anilines is 3. The van der Waals surface area contributed by atoms with Crippen LogP contribution in [0.2, 0.25) is 0 Å². The average molecular weight is 436 g/mol. The van der Waals surface area contributed by atoms with Gasteiger partial charge < -0.3 is 15.0 Å². The Kier molecular flexibility index (Phi) is 5.29. The summed E-state index contributed by atoms with van der Waals surface area (Å²) >= 11 is 0. The van der Waals surface area contributed by atoms with E-state index in [0.717, 1.165) is 0 Å². The van der Waals surface area contributed by atoms with Gasteiger partial charge in [0, 0.05) is 25.4 Å². The predicted octanol–water partition coefficient (Wildman–Crippen LogP) is 2.41. The molecule has 9 nitrogen and oxygen atoms in total. The third kappa shape index (κ3) is 4.18. The number of rotatable bonds is 4. The van der Waals surface area contributed by atoms with E-state index in [1.807, 2.05) is 4.90 Å². The standard InChI is InChI=1S/C19H19F3N6O3/c1-31-13-8-12-16(26-15(13)17(29)24-10-19(20,21)22)28(11-5-7-27(12)9-11)18(30)25-14-4-2-3-6-23-14/h2-4,6,8,11H,5,7,9-10H2,1H3,(H,24,29)(H,23,25,30)/t11-/m0/s1. The number of carbonyl (C=O) groups is 2. The molecule has 2 aromatic rings. The maximum atomic E-state index is 13.0. The van der Waals surface area contributed by atoms with E-state index in [9.17, 15) is 22.8 Å². The molecule has 4 heterocycles. The lowest BCUT2D eigenvalue weighted by molar-refractivity contribution is -0.123. The zero-order valence-electron chi connectivity index (χ0n) is 16.4. The van der Waals surface area contributed by atoms with Crippen LogP contribution in [0, 0.1) is 0 Å². The fourth-order valence-electron chi connectivity index (χ4n) is 3.68. The van der Waals surface area contributed by atoms with Crippen molar-refractivity contribution in [3.8, 4) is 5.75 Å². The molecule has 0 saturated carbocycles. The van der Waals surface area contributed by atoms with Crippen molar-refractivity contribution in [2.45, 2.75) is 18.6 Å². The van der Waals surface area contributed by atoms with Gasteiger partial charge in [-0.05, 0) is 18.6 Å². The van der Waals surface area contributed by atoms with Crippen LogP contribution in [0.5, 0.6) is 5.75 Å². The Bertz CT molecular complexity index is 1000. The Morgan fingerprint density at radius 3 is 2.81 bits per heavy atom. The highest BCUT2D eigenvalue weighted by Gasteiger charge is 2.41. The number of fused-ring (bicyclic) bond motifs is 4. The molecule has 2 aliphatic rings. The lowest BCUT2D eigenvalue weighted by Crippen LogP contribution is -2.48. The van der Waals surface area contributed by atoms with Crippen molar-refractivity contribution in [3.63, 3.8) is 0 Å². The maximum Gasteiger partial charge on any atom is 0.405 e. The van der Waals surface area contributed by atoms with Gasteiger partial charge in [0.25, 0.3) is 5.91 Å². The molecular weight excluding hydrogens is 417 g/mol. The molecule has 0 unspecified atom stereocenters. The number of amides is 3. The van der Waals surface area contributed by atoms with E-state index in [2.05, 4.69) is 15.3 Å². The third-order valence-electron chi connectivity index (χ3n) is 5.05. The number of hydrogen-bond donors (Lipinski definition) is 2. The molecule has 3 amide bonds. The topological polar surface area (TPSA) is 99.7 Å². The Morgan fingerprint density at radius 1 is 1.32 bits per heavy atom. The minimum Gasteiger partial charge on any atom is -0.494 e. The van der Waals surface area contributed by atoms with Gasteiger partial charge in [0.1, 0.15) is 12.4 Å². The highest BCUT2D eigenvalue weighted by molar-refractivity contribution is 6.05. The molecule has 4 rings (SSSR count). The van der Waals surface area contributed by atoms with E-state index in [4.69, 9.17) is 4.74 Å². The van der Waals surface area contributed by atoms with Crippen molar-refractivity contribution in [2.75, 3.05) is 41.9 Å². The number of nitrogens with zero attached hydrogens (tertiary/aromatic N) is 4. The number of ether oxygens (including phenoxy) is 1. The number of methoxy groups -OCH3 is 1. The first-order valence-corrected chi connectivity index (χ1v) is 9.47. The maximum absolute atomic E-state index is 13.0. The molecule has 1 saturated heterocycles. The number of alkyl halides is 3. The van der Waals surface area contributed by atoms with Gasteiger partial charge in [-0.2, -0.15) is 13.2 Å². The third-order valence-corrected chi connectivity index (χ3v) is 5.05. The van der Waals surface area contributed by atoms with Crippen molar-refractivity contribution in [2.24, 2.45) is 0 Å². The number of hydrogen-bond acceptors (Lipinski definition) is 6. The number of nitrogens with one attached hydrogen (secondary N) is 2. The molecule has 1 atom stereocenters. The first kappa shape index (κ1) is 20.7. The Hall–Kier alpha value is -3.57. The van der Waals surface area contributed by atoms with Gasteiger partial charge in [-0.1, -0.05) is 6.07 Å². The summed E-state index contributed by atoms with van der Waals surface area (Å²) in [4.78, 5) is 37.2. The molecule has 0 spiro atoms. The lowest BCUT2D eigenvalue weighted by atomic mass is 10.1. The fourth-order valence-corrected chi connectivity index (χ4v) is 3.68. The highest BCUT2D eigenvalue weighted by atomic mass is 19.4. The molecular formula is C19H19F3N6O3. The monoisotopic (exact) mass is 436 g/mol. The smallest absolute Gasteiger partial charge is 0.405 e. The summed E-state index contributed by atoms with van der Waals surface area (Å²) in [6, 6.07) is 5.87. The van der Waals surface area contributed by atoms with Crippen LogP contribution in [-0.4, -0.2) is 60.9 Å². The van der Waals surface area contributed by atoms with Gasteiger partial charge in [-0.25, -0.2) is 14.8 Å². The molecule has 2 aliphatic heterocycles. The van der Waals surface area contributed by atoms with E-state index < -0.39 is 24.7 Å². The Morgan fingerprint density at radius 2 is 2.13 bits per heavy atom. The van der Waals surface area contributed by atoms with Crippen molar-refractivity contribution in [1.29, 1.82) is 0 Å². The van der Waals surface area contributed by atoms with Crippen molar-refractivity contribution in [3.05, 3.63) is 36.2 Å². The van der Waals surface area contributed by atoms with E-state index in [1.165, 1.54) is 24.3 Å². The van der Waals surface area contributed by atoms with Gasteiger partial charge in [0.2, 0.25) is 0 Å². The highest BCUT2D eigenvalue weighted by Crippen LogP contribution is 2.41. The van der Waals surface area contributed by atoms with Crippen LogP contribution >= 0.6 is 0 Å². The van der Waals surface area contributed by atoms with Crippen LogP contribution in [0.15, 0.2) is 30.5 Å². The second-order valence-electron chi connectivity index (χ2n) is 7.08. The number of carbonyl (C=O) groups excluding carboxylic acids is 2. The molecule has 2 bridgehead atoms. The second-order valence-corrected chi connectivity index (χ2v) is 7.08. The summed E-state index contributed by atoms with van der Waals surface area (Å²) in [6.07, 6.45) is -2.37. The fraction of sp³-hybridized carbons (Fsp3) is 0.368. The van der Waals surface area contributed by atoms with Crippen molar-refractivity contribution < 1.29 is 27.5 Å². The zero-order chi connectivity index (χ0) is 22.2. The minimum absolute atomic E-state index is 0.0221. The molecule has 164 valence electrons. The van der Waals surface area contributed by atoms with Gasteiger partial charge in [0.05, 0.1) is 18.8 Å².